The number of ether oxygens (including phenoxy) is 1. The van der Waals surface area contributed by atoms with Crippen LogP contribution in [0.25, 0.3) is 0 Å². The second kappa shape index (κ2) is 5.31. The summed E-state index contributed by atoms with van der Waals surface area (Å²) in [6, 6.07) is 0.498. The van der Waals surface area contributed by atoms with Crippen molar-refractivity contribution in [1.82, 2.24) is 5.32 Å². The van der Waals surface area contributed by atoms with Crippen LogP contribution in [0.2, 0.25) is 0 Å². The molecule has 0 rings (SSSR count). The summed E-state index contributed by atoms with van der Waals surface area (Å²) >= 11 is 0. The predicted molar refractivity (Wildman–Crippen MR) is 67.2 cm³/mol. The van der Waals surface area contributed by atoms with E-state index in [1.165, 1.54) is 0 Å². The molecule has 0 amide bonds. The maximum atomic E-state index is 5.52. The van der Waals surface area contributed by atoms with Gasteiger partial charge in [0, 0.05) is 19.7 Å². The molecule has 0 aliphatic carbocycles. The molecule has 2 nitrogen and oxygen atoms in total. The molecule has 0 aliphatic heterocycles. The zero-order chi connectivity index (χ0) is 12.3. The molecule has 0 aliphatic rings. The first-order valence-electron chi connectivity index (χ1n) is 5.85. The SMILES string of the molecule is COC(CNC(C)C(C)(C)C)C(C)(C)C. The highest BCUT2D eigenvalue weighted by atomic mass is 16.5. The van der Waals surface area contributed by atoms with Crippen LogP contribution in [0.15, 0.2) is 0 Å². The summed E-state index contributed by atoms with van der Waals surface area (Å²) in [5, 5.41) is 3.56. The molecule has 92 valence electrons. The van der Waals surface area contributed by atoms with E-state index in [1.807, 2.05) is 0 Å². The molecule has 0 saturated heterocycles. The van der Waals surface area contributed by atoms with Gasteiger partial charge in [-0.1, -0.05) is 41.5 Å². The molecule has 2 unspecified atom stereocenters. The number of rotatable bonds is 4. The monoisotopic (exact) mass is 215 g/mol. The Kier molecular flexibility index (Phi) is 5.28. The van der Waals surface area contributed by atoms with Gasteiger partial charge in [0.2, 0.25) is 0 Å². The van der Waals surface area contributed by atoms with Gasteiger partial charge in [-0.25, -0.2) is 0 Å². The Hall–Kier alpha value is -0.0800. The third-order valence-electron chi connectivity index (χ3n) is 3.16. The quantitative estimate of drug-likeness (QED) is 0.778. The molecule has 2 heteroatoms. The summed E-state index contributed by atoms with van der Waals surface area (Å²) in [6.45, 7) is 16.5. The van der Waals surface area contributed by atoms with Gasteiger partial charge in [-0.05, 0) is 17.8 Å². The highest BCUT2D eigenvalue weighted by Crippen LogP contribution is 2.23. The van der Waals surface area contributed by atoms with Gasteiger partial charge in [-0.2, -0.15) is 0 Å². The van der Waals surface area contributed by atoms with Crippen LogP contribution < -0.4 is 5.32 Å². The van der Waals surface area contributed by atoms with Gasteiger partial charge in [0.15, 0.2) is 0 Å². The molecule has 2 atom stereocenters. The van der Waals surface area contributed by atoms with Gasteiger partial charge < -0.3 is 10.1 Å². The summed E-state index contributed by atoms with van der Waals surface area (Å²) in [5.74, 6) is 0. The fourth-order valence-electron chi connectivity index (χ4n) is 1.33. The second-order valence-electron chi connectivity index (χ2n) is 6.59. The Balaban J connectivity index is 4.14. The normalized spacial score (nSPS) is 17.6. The second-order valence-corrected chi connectivity index (χ2v) is 6.59. The Morgan fingerprint density at radius 1 is 1.00 bits per heavy atom. The van der Waals surface area contributed by atoms with Crippen molar-refractivity contribution < 1.29 is 4.74 Å². The molecule has 1 N–H and O–H groups in total. The van der Waals surface area contributed by atoms with Gasteiger partial charge >= 0.3 is 0 Å². The van der Waals surface area contributed by atoms with Gasteiger partial charge in [0.25, 0.3) is 0 Å². The van der Waals surface area contributed by atoms with Crippen molar-refractivity contribution in [2.75, 3.05) is 13.7 Å². The first kappa shape index (κ1) is 14.9. The van der Waals surface area contributed by atoms with Crippen LogP contribution in [0.1, 0.15) is 48.5 Å². The highest BCUT2D eigenvalue weighted by molar-refractivity contribution is 4.81. The van der Waals surface area contributed by atoms with Gasteiger partial charge in [-0.15, -0.1) is 0 Å². The number of nitrogens with one attached hydrogen (secondary N) is 1. The molecule has 15 heavy (non-hydrogen) atoms. The van der Waals surface area contributed by atoms with Crippen LogP contribution in [-0.2, 0) is 4.74 Å². The maximum Gasteiger partial charge on any atom is 0.0743 e. The lowest BCUT2D eigenvalue weighted by atomic mass is 9.86. The topological polar surface area (TPSA) is 21.3 Å². The molecule has 0 aromatic heterocycles. The summed E-state index contributed by atoms with van der Waals surface area (Å²) in [5.41, 5.74) is 0.496. The van der Waals surface area contributed by atoms with E-state index >= 15 is 0 Å². The van der Waals surface area contributed by atoms with Gasteiger partial charge in [0.05, 0.1) is 6.10 Å². The zero-order valence-electron chi connectivity index (χ0n) is 11.8. The number of hydrogen-bond acceptors (Lipinski definition) is 2. The van der Waals surface area contributed by atoms with E-state index in [4.69, 9.17) is 4.74 Å². The van der Waals surface area contributed by atoms with E-state index in [-0.39, 0.29) is 11.5 Å². The van der Waals surface area contributed by atoms with E-state index in [2.05, 4.69) is 53.8 Å². The lowest BCUT2D eigenvalue weighted by molar-refractivity contribution is 0.0134. The van der Waals surface area contributed by atoms with Crippen molar-refractivity contribution >= 4 is 0 Å². The summed E-state index contributed by atoms with van der Waals surface area (Å²) < 4.78 is 5.52. The van der Waals surface area contributed by atoms with Crippen molar-refractivity contribution in [3.8, 4) is 0 Å². The van der Waals surface area contributed by atoms with Crippen molar-refractivity contribution in [3.05, 3.63) is 0 Å². The molecular weight excluding hydrogens is 186 g/mol. The number of hydrogen-bond donors (Lipinski definition) is 1. The fraction of sp³-hybridized carbons (Fsp3) is 1.00. The van der Waals surface area contributed by atoms with Crippen LogP contribution in [0.4, 0.5) is 0 Å². The third-order valence-corrected chi connectivity index (χ3v) is 3.16. The highest BCUT2D eigenvalue weighted by Gasteiger charge is 2.26. The molecule has 0 aromatic carbocycles. The van der Waals surface area contributed by atoms with Crippen LogP contribution in [-0.4, -0.2) is 25.8 Å². The average molecular weight is 215 g/mol. The molecule has 0 radical (unpaired) electrons. The Bertz CT molecular complexity index is 176. The van der Waals surface area contributed by atoms with Crippen LogP contribution in [0.5, 0.6) is 0 Å². The predicted octanol–water partition coefficient (Wildman–Crippen LogP) is 3.07. The molecule has 0 spiro atoms. The first-order valence-corrected chi connectivity index (χ1v) is 5.85. The van der Waals surface area contributed by atoms with E-state index in [0.29, 0.717) is 11.5 Å². The summed E-state index contributed by atoms with van der Waals surface area (Å²) in [7, 11) is 1.79. The fourth-order valence-corrected chi connectivity index (χ4v) is 1.33. The van der Waals surface area contributed by atoms with Crippen molar-refractivity contribution in [2.45, 2.75) is 60.6 Å². The first-order chi connectivity index (χ1) is 6.59. The Labute approximate surface area is 95.8 Å². The largest absolute Gasteiger partial charge is 0.380 e. The van der Waals surface area contributed by atoms with E-state index in [1.54, 1.807) is 7.11 Å². The summed E-state index contributed by atoms with van der Waals surface area (Å²) in [6.07, 6.45) is 0.266. The van der Waals surface area contributed by atoms with Crippen LogP contribution in [0, 0.1) is 10.8 Å². The van der Waals surface area contributed by atoms with E-state index in [9.17, 15) is 0 Å². The standard InChI is InChI=1S/C13H29NO/c1-10(12(2,3)4)14-9-11(15-8)13(5,6)7/h10-11,14H,9H2,1-8H3. The lowest BCUT2D eigenvalue weighted by Gasteiger charge is -2.34. The van der Waals surface area contributed by atoms with Crippen molar-refractivity contribution in [3.63, 3.8) is 0 Å². The molecule has 0 bridgehead atoms. The zero-order valence-corrected chi connectivity index (χ0v) is 11.8. The molecule has 0 fully saturated rings. The van der Waals surface area contributed by atoms with Gasteiger partial charge in [-0.3, -0.25) is 0 Å². The maximum absolute atomic E-state index is 5.52. The van der Waals surface area contributed by atoms with Crippen molar-refractivity contribution in [1.29, 1.82) is 0 Å². The minimum atomic E-state index is 0.194. The smallest absolute Gasteiger partial charge is 0.0743 e. The van der Waals surface area contributed by atoms with Crippen molar-refractivity contribution in [2.24, 2.45) is 10.8 Å². The molecule has 0 saturated carbocycles. The molecule has 0 heterocycles. The minimum absolute atomic E-state index is 0.194. The summed E-state index contributed by atoms with van der Waals surface area (Å²) in [4.78, 5) is 0. The minimum Gasteiger partial charge on any atom is -0.380 e. The van der Waals surface area contributed by atoms with E-state index in [0.717, 1.165) is 6.54 Å². The average Bonchev–Trinajstić information content (AvgIpc) is 2.00. The molecular formula is C13H29NO. The number of methoxy groups -OCH3 is 1. The Morgan fingerprint density at radius 3 is 1.73 bits per heavy atom. The van der Waals surface area contributed by atoms with Gasteiger partial charge in [0.1, 0.15) is 0 Å². The van der Waals surface area contributed by atoms with Crippen LogP contribution in [0.3, 0.4) is 0 Å². The lowest BCUT2D eigenvalue weighted by Crippen LogP contribution is -2.45. The Morgan fingerprint density at radius 2 is 1.47 bits per heavy atom. The third kappa shape index (κ3) is 5.53. The van der Waals surface area contributed by atoms with Crippen LogP contribution >= 0.6 is 0 Å². The molecule has 0 aromatic rings. The van der Waals surface area contributed by atoms with E-state index < -0.39 is 0 Å².